The Hall–Kier alpha value is -0.0800. The monoisotopic (exact) mass is 103 g/mol. The molecule has 0 aliphatic carbocycles. The van der Waals surface area contributed by atoms with E-state index in [1.165, 1.54) is 0 Å². The summed E-state index contributed by atoms with van der Waals surface area (Å²) < 4.78 is 0. The Labute approximate surface area is 43.8 Å². The first-order valence-corrected chi connectivity index (χ1v) is 2.53. The van der Waals surface area contributed by atoms with Crippen LogP contribution in [0.1, 0.15) is 19.8 Å². The molecule has 0 aliphatic rings. The number of aliphatic hydroxyl groups excluding tert-OH is 1. The molecule has 0 fully saturated rings. The van der Waals surface area contributed by atoms with Gasteiger partial charge in [0, 0.05) is 0 Å². The molecule has 1 atom stereocenters. The fraction of sp³-hybridized carbons (Fsp3) is 1.00. The molecule has 7 heavy (non-hydrogen) atoms. The number of hydrogen-bond donors (Lipinski definition) is 1. The van der Waals surface area contributed by atoms with E-state index in [9.17, 15) is 5.11 Å². The van der Waals surface area contributed by atoms with Gasteiger partial charge in [-0.2, -0.15) is 0 Å². The van der Waals surface area contributed by atoms with Gasteiger partial charge < -0.3 is 5.11 Å². The van der Waals surface area contributed by atoms with Gasteiger partial charge in [0.15, 0.2) is 0 Å². The molecule has 43 valence electrons. The lowest BCUT2D eigenvalue weighted by molar-refractivity contribution is 0.142. The second-order valence-electron chi connectivity index (χ2n) is 1.70. The maximum Gasteiger partial charge on any atom is 0.0823 e. The average molecular weight is 103 g/mol. The van der Waals surface area contributed by atoms with Crippen LogP contribution in [0.3, 0.4) is 0 Å². The lowest BCUT2D eigenvalue weighted by Gasteiger charge is -1.97. The average Bonchev–Trinajstić information content (AvgIpc) is 1.61. The van der Waals surface area contributed by atoms with Crippen LogP contribution in [0, 0.1) is 0 Å². The quantitative estimate of drug-likeness (QED) is 0.557. The van der Waals surface area contributed by atoms with E-state index >= 15 is 0 Å². The first kappa shape index (κ1) is 6.92. The minimum absolute atomic E-state index is 0.0646. The molecule has 0 amide bonds. The van der Waals surface area contributed by atoms with Crippen molar-refractivity contribution in [2.75, 3.05) is 6.61 Å². The molecule has 0 rings (SSSR count). The molecule has 0 aromatic carbocycles. The summed E-state index contributed by atoms with van der Waals surface area (Å²) in [7, 11) is 0. The van der Waals surface area contributed by atoms with E-state index in [0.29, 0.717) is 12.8 Å². The van der Waals surface area contributed by atoms with Gasteiger partial charge >= 0.3 is 0 Å². The summed E-state index contributed by atoms with van der Waals surface area (Å²) in [5.74, 6) is 0. The van der Waals surface area contributed by atoms with Gasteiger partial charge in [-0.3, -0.25) is 0 Å². The molecule has 0 spiro atoms. The van der Waals surface area contributed by atoms with Crippen molar-refractivity contribution in [3.63, 3.8) is 0 Å². The number of aliphatic hydroxyl groups is 1. The summed E-state index contributed by atoms with van der Waals surface area (Å²) in [6, 6.07) is 0. The maximum absolute atomic E-state index is 9.72. The number of rotatable bonds is 3. The lowest BCUT2D eigenvalue weighted by atomic mass is 10.2. The minimum atomic E-state index is -0.297. The Morgan fingerprint density at radius 2 is 2.29 bits per heavy atom. The van der Waals surface area contributed by atoms with Crippen molar-refractivity contribution in [2.24, 2.45) is 0 Å². The van der Waals surface area contributed by atoms with Crippen molar-refractivity contribution in [1.29, 1.82) is 0 Å². The topological polar surface area (TPSA) is 40.1 Å². The van der Waals surface area contributed by atoms with E-state index in [4.69, 9.17) is 5.11 Å². The minimum Gasteiger partial charge on any atom is -0.393 e. The van der Waals surface area contributed by atoms with Gasteiger partial charge in [-0.25, -0.2) is 5.11 Å². The van der Waals surface area contributed by atoms with Crippen LogP contribution >= 0.6 is 0 Å². The number of hydrogen-bond acceptors (Lipinski definition) is 1. The Morgan fingerprint density at radius 1 is 1.71 bits per heavy atom. The molecule has 0 aromatic rings. The van der Waals surface area contributed by atoms with E-state index < -0.39 is 0 Å². The van der Waals surface area contributed by atoms with Crippen LogP contribution < -0.4 is 0 Å². The Bertz CT molecular complexity index is 35.1. The lowest BCUT2D eigenvalue weighted by Crippen LogP contribution is -1.99. The van der Waals surface area contributed by atoms with Crippen LogP contribution in [-0.4, -0.2) is 17.8 Å². The normalized spacial score (nSPS) is 14.1. The predicted molar refractivity (Wildman–Crippen MR) is 26.5 cm³/mol. The van der Waals surface area contributed by atoms with Crippen LogP contribution in [0.4, 0.5) is 0 Å². The third-order valence-electron chi connectivity index (χ3n) is 0.766. The zero-order chi connectivity index (χ0) is 5.70. The van der Waals surface area contributed by atoms with Gasteiger partial charge in [0.2, 0.25) is 0 Å². The van der Waals surface area contributed by atoms with Crippen molar-refractivity contribution in [3.8, 4) is 0 Å². The molecule has 0 saturated carbocycles. The van der Waals surface area contributed by atoms with Crippen LogP contribution in [-0.2, 0) is 5.11 Å². The van der Waals surface area contributed by atoms with E-state index in [1.54, 1.807) is 6.92 Å². The second kappa shape index (κ2) is 4.09. The molecule has 0 aliphatic heterocycles. The van der Waals surface area contributed by atoms with Crippen molar-refractivity contribution in [1.82, 2.24) is 0 Å². The van der Waals surface area contributed by atoms with E-state index in [-0.39, 0.29) is 12.7 Å². The van der Waals surface area contributed by atoms with E-state index in [1.807, 2.05) is 0 Å². The molecule has 1 unspecified atom stereocenters. The summed E-state index contributed by atoms with van der Waals surface area (Å²) in [5, 5.41) is 18.3. The first-order valence-electron chi connectivity index (χ1n) is 2.53. The Morgan fingerprint density at radius 3 is 2.43 bits per heavy atom. The Balaban J connectivity index is 2.68. The Kier molecular flexibility index (Phi) is 4.04. The fourth-order valence-corrected chi connectivity index (χ4v) is 0.379. The molecule has 0 heterocycles. The fourth-order valence-electron chi connectivity index (χ4n) is 0.379. The molecule has 2 heteroatoms. The van der Waals surface area contributed by atoms with Gasteiger partial charge in [0.05, 0.1) is 12.7 Å². The molecule has 0 saturated heterocycles. The molecule has 1 N–H and O–H groups in total. The summed E-state index contributed by atoms with van der Waals surface area (Å²) in [6.07, 6.45) is 0.940. The van der Waals surface area contributed by atoms with Gasteiger partial charge in [-0.05, 0) is 19.8 Å². The van der Waals surface area contributed by atoms with Gasteiger partial charge in [0.1, 0.15) is 0 Å². The molecule has 0 bridgehead atoms. The third-order valence-corrected chi connectivity index (χ3v) is 0.766. The van der Waals surface area contributed by atoms with Crippen LogP contribution in [0.2, 0.25) is 0 Å². The third kappa shape index (κ3) is 5.92. The summed E-state index contributed by atoms with van der Waals surface area (Å²) in [4.78, 5) is 0. The van der Waals surface area contributed by atoms with Crippen molar-refractivity contribution in [3.05, 3.63) is 0 Å². The highest BCUT2D eigenvalue weighted by Crippen LogP contribution is 1.92. The molecule has 2 nitrogen and oxygen atoms in total. The highest BCUT2D eigenvalue weighted by molar-refractivity contribution is 4.43. The zero-order valence-electron chi connectivity index (χ0n) is 4.55. The van der Waals surface area contributed by atoms with Gasteiger partial charge in [0.25, 0.3) is 0 Å². The highest BCUT2D eigenvalue weighted by Gasteiger charge is 1.91. The van der Waals surface area contributed by atoms with E-state index in [0.717, 1.165) is 0 Å². The van der Waals surface area contributed by atoms with Gasteiger partial charge in [-0.1, -0.05) is 0 Å². The summed E-state index contributed by atoms with van der Waals surface area (Å²) in [5.41, 5.74) is 0. The predicted octanol–water partition coefficient (Wildman–Crippen LogP) is 0.578. The van der Waals surface area contributed by atoms with Crippen molar-refractivity contribution >= 4 is 0 Å². The SMILES string of the molecule is CC(O)CCC[O]. The van der Waals surface area contributed by atoms with Crippen molar-refractivity contribution in [2.45, 2.75) is 25.9 Å². The highest BCUT2D eigenvalue weighted by atomic mass is 16.3. The maximum atomic E-state index is 9.72. The summed E-state index contributed by atoms with van der Waals surface area (Å²) in [6.45, 7) is 1.63. The first-order chi connectivity index (χ1) is 3.27. The second-order valence-corrected chi connectivity index (χ2v) is 1.70. The van der Waals surface area contributed by atoms with Crippen LogP contribution in [0.5, 0.6) is 0 Å². The smallest absolute Gasteiger partial charge is 0.0823 e. The van der Waals surface area contributed by atoms with Crippen molar-refractivity contribution < 1.29 is 10.2 Å². The molecular formula is C5H11O2. The zero-order valence-corrected chi connectivity index (χ0v) is 4.55. The van der Waals surface area contributed by atoms with Crippen LogP contribution in [0.15, 0.2) is 0 Å². The van der Waals surface area contributed by atoms with Crippen LogP contribution in [0.25, 0.3) is 0 Å². The largest absolute Gasteiger partial charge is 0.393 e. The van der Waals surface area contributed by atoms with Gasteiger partial charge in [-0.15, -0.1) is 0 Å². The molecule has 0 aromatic heterocycles. The standard InChI is InChI=1S/C5H11O2/c1-5(7)3-2-4-6/h5,7H,2-4H2,1H3. The van der Waals surface area contributed by atoms with E-state index in [2.05, 4.69) is 0 Å². The molecule has 1 radical (unpaired) electrons. The summed E-state index contributed by atoms with van der Waals surface area (Å²) >= 11 is 0. The molecular weight excluding hydrogens is 92.1 g/mol.